The van der Waals surface area contributed by atoms with Crippen molar-refractivity contribution < 1.29 is 22.7 Å². The van der Waals surface area contributed by atoms with Gasteiger partial charge < -0.3 is 14.8 Å². The first-order valence-electron chi connectivity index (χ1n) is 10.7. The van der Waals surface area contributed by atoms with Gasteiger partial charge in [0.2, 0.25) is 0 Å². The van der Waals surface area contributed by atoms with Crippen molar-refractivity contribution in [2.45, 2.75) is 24.3 Å². The number of ether oxygens (including phenoxy) is 2. The summed E-state index contributed by atoms with van der Waals surface area (Å²) in [6.07, 6.45) is 0.695. The summed E-state index contributed by atoms with van der Waals surface area (Å²) in [5.74, 6) is 0.895. The van der Waals surface area contributed by atoms with E-state index in [4.69, 9.17) is 9.47 Å². The van der Waals surface area contributed by atoms with E-state index in [0.29, 0.717) is 18.7 Å². The number of para-hydroxylation sites is 1. The standard InChI is InChI=1S/C25H26N2O5S/c1-18(19-7-9-21(31-2)10-8-19)26-25(28)17-32-22-11-13-23(14-12-22)33(29,30)27-16-15-20-5-3-4-6-24(20)27/h3-14,18H,15-17H2,1-2H3,(H,26,28)/t18-/m0/s1. The Morgan fingerprint density at radius 3 is 2.36 bits per heavy atom. The van der Waals surface area contributed by atoms with Crippen LogP contribution >= 0.6 is 0 Å². The molecule has 3 aromatic rings. The third-order valence-electron chi connectivity index (χ3n) is 5.62. The summed E-state index contributed by atoms with van der Waals surface area (Å²) in [4.78, 5) is 12.5. The summed E-state index contributed by atoms with van der Waals surface area (Å²) < 4.78 is 38.3. The van der Waals surface area contributed by atoms with Gasteiger partial charge >= 0.3 is 0 Å². The van der Waals surface area contributed by atoms with Gasteiger partial charge in [-0.2, -0.15) is 0 Å². The molecule has 1 aliphatic heterocycles. The van der Waals surface area contributed by atoms with Crippen LogP contribution in [0.4, 0.5) is 5.69 Å². The van der Waals surface area contributed by atoms with E-state index in [1.165, 1.54) is 16.4 Å². The zero-order chi connectivity index (χ0) is 23.4. The number of hydrogen-bond acceptors (Lipinski definition) is 5. The van der Waals surface area contributed by atoms with E-state index in [0.717, 1.165) is 22.6 Å². The first kappa shape index (κ1) is 22.7. The van der Waals surface area contributed by atoms with Crippen LogP contribution in [0.2, 0.25) is 0 Å². The fourth-order valence-electron chi connectivity index (χ4n) is 3.80. The predicted molar refractivity (Wildman–Crippen MR) is 126 cm³/mol. The number of amides is 1. The van der Waals surface area contributed by atoms with E-state index in [1.807, 2.05) is 55.5 Å². The molecule has 0 saturated heterocycles. The highest BCUT2D eigenvalue weighted by atomic mass is 32.2. The van der Waals surface area contributed by atoms with Gasteiger partial charge in [-0.15, -0.1) is 0 Å². The minimum atomic E-state index is -3.66. The fraction of sp³-hybridized carbons (Fsp3) is 0.240. The second kappa shape index (κ2) is 9.54. The lowest BCUT2D eigenvalue weighted by Gasteiger charge is -2.19. The van der Waals surface area contributed by atoms with E-state index in [-0.39, 0.29) is 23.5 Å². The molecular weight excluding hydrogens is 440 g/mol. The highest BCUT2D eigenvalue weighted by Crippen LogP contribution is 2.33. The van der Waals surface area contributed by atoms with Crippen molar-refractivity contribution in [3.63, 3.8) is 0 Å². The average Bonchev–Trinajstić information content (AvgIpc) is 3.28. The minimum Gasteiger partial charge on any atom is -0.497 e. The molecule has 172 valence electrons. The Morgan fingerprint density at radius 1 is 1.00 bits per heavy atom. The van der Waals surface area contributed by atoms with Gasteiger partial charge in [0.25, 0.3) is 15.9 Å². The van der Waals surface area contributed by atoms with Crippen LogP contribution in [0.5, 0.6) is 11.5 Å². The Kier molecular flexibility index (Phi) is 6.55. The number of nitrogens with zero attached hydrogens (tertiary/aromatic N) is 1. The molecule has 0 aliphatic carbocycles. The van der Waals surface area contributed by atoms with Crippen LogP contribution in [-0.2, 0) is 21.2 Å². The summed E-state index contributed by atoms with van der Waals surface area (Å²) in [7, 11) is -2.06. The number of fused-ring (bicyclic) bond motifs is 1. The number of benzene rings is 3. The first-order valence-corrected chi connectivity index (χ1v) is 12.1. The van der Waals surface area contributed by atoms with Crippen molar-refractivity contribution >= 4 is 21.6 Å². The monoisotopic (exact) mass is 466 g/mol. The lowest BCUT2D eigenvalue weighted by Crippen LogP contribution is -2.31. The second-order valence-electron chi connectivity index (χ2n) is 7.78. The number of nitrogens with one attached hydrogen (secondary N) is 1. The molecule has 0 unspecified atom stereocenters. The Morgan fingerprint density at radius 2 is 1.67 bits per heavy atom. The van der Waals surface area contributed by atoms with E-state index < -0.39 is 10.0 Å². The second-order valence-corrected chi connectivity index (χ2v) is 9.64. The molecule has 4 rings (SSSR count). The van der Waals surface area contributed by atoms with Gasteiger partial charge in [0.1, 0.15) is 11.5 Å². The van der Waals surface area contributed by atoms with Crippen molar-refractivity contribution in [2.75, 3.05) is 24.6 Å². The third-order valence-corrected chi connectivity index (χ3v) is 7.45. The number of carbonyl (C=O) groups excluding carboxylic acids is 1. The largest absolute Gasteiger partial charge is 0.497 e. The zero-order valence-corrected chi connectivity index (χ0v) is 19.3. The van der Waals surface area contributed by atoms with Crippen molar-refractivity contribution in [2.24, 2.45) is 0 Å². The van der Waals surface area contributed by atoms with Crippen molar-refractivity contribution in [3.05, 3.63) is 83.9 Å². The van der Waals surface area contributed by atoms with Crippen molar-refractivity contribution in [3.8, 4) is 11.5 Å². The molecule has 0 aromatic heterocycles. The molecule has 0 fully saturated rings. The first-order chi connectivity index (χ1) is 15.9. The molecule has 0 bridgehead atoms. The quantitative estimate of drug-likeness (QED) is 0.547. The predicted octanol–water partition coefficient (Wildman–Crippen LogP) is 3.70. The summed E-state index contributed by atoms with van der Waals surface area (Å²) in [6.45, 7) is 2.13. The van der Waals surface area contributed by atoms with Crippen LogP contribution in [0.25, 0.3) is 0 Å². The van der Waals surface area contributed by atoms with Gasteiger partial charge in [0.15, 0.2) is 6.61 Å². The number of carbonyl (C=O) groups is 1. The molecule has 0 radical (unpaired) electrons. The van der Waals surface area contributed by atoms with Gasteiger partial charge in [-0.1, -0.05) is 30.3 Å². The zero-order valence-electron chi connectivity index (χ0n) is 18.5. The van der Waals surface area contributed by atoms with Gasteiger partial charge in [0, 0.05) is 6.54 Å². The molecule has 1 amide bonds. The molecular formula is C25H26N2O5S. The number of methoxy groups -OCH3 is 1. The molecule has 1 aliphatic rings. The number of anilines is 1. The van der Waals surface area contributed by atoms with Gasteiger partial charge in [-0.05, 0) is 66.9 Å². The summed E-state index contributed by atoms with van der Waals surface area (Å²) in [5.41, 5.74) is 2.69. The van der Waals surface area contributed by atoms with Gasteiger partial charge in [-0.25, -0.2) is 8.42 Å². The molecule has 0 spiro atoms. The summed E-state index contributed by atoms with van der Waals surface area (Å²) in [6, 6.07) is 20.9. The topological polar surface area (TPSA) is 84.9 Å². The van der Waals surface area contributed by atoms with Crippen LogP contribution in [0.15, 0.2) is 77.7 Å². The van der Waals surface area contributed by atoms with E-state index in [9.17, 15) is 13.2 Å². The highest BCUT2D eigenvalue weighted by Gasteiger charge is 2.30. The van der Waals surface area contributed by atoms with Crippen LogP contribution in [0, 0.1) is 0 Å². The van der Waals surface area contributed by atoms with Gasteiger partial charge in [0.05, 0.1) is 23.7 Å². The summed E-state index contributed by atoms with van der Waals surface area (Å²) >= 11 is 0. The Labute approximate surface area is 194 Å². The lowest BCUT2D eigenvalue weighted by atomic mass is 10.1. The van der Waals surface area contributed by atoms with Crippen molar-refractivity contribution in [1.82, 2.24) is 5.32 Å². The van der Waals surface area contributed by atoms with Crippen LogP contribution < -0.4 is 19.1 Å². The molecule has 0 saturated carbocycles. The number of rotatable bonds is 8. The Balaban J connectivity index is 1.34. The van der Waals surface area contributed by atoms with Crippen LogP contribution in [0.1, 0.15) is 24.1 Å². The summed E-state index contributed by atoms with van der Waals surface area (Å²) in [5, 5.41) is 2.88. The molecule has 33 heavy (non-hydrogen) atoms. The van der Waals surface area contributed by atoms with Crippen LogP contribution in [0.3, 0.4) is 0 Å². The molecule has 7 nitrogen and oxygen atoms in total. The maximum atomic E-state index is 13.1. The van der Waals surface area contributed by atoms with E-state index in [2.05, 4.69) is 5.32 Å². The van der Waals surface area contributed by atoms with E-state index in [1.54, 1.807) is 19.2 Å². The van der Waals surface area contributed by atoms with Crippen molar-refractivity contribution in [1.29, 1.82) is 0 Å². The van der Waals surface area contributed by atoms with Crippen LogP contribution in [-0.4, -0.2) is 34.6 Å². The molecule has 8 heteroatoms. The number of hydrogen-bond donors (Lipinski definition) is 1. The highest BCUT2D eigenvalue weighted by molar-refractivity contribution is 7.92. The molecule has 1 atom stereocenters. The molecule has 1 heterocycles. The molecule has 1 N–H and O–H groups in total. The smallest absolute Gasteiger partial charge is 0.264 e. The van der Waals surface area contributed by atoms with E-state index >= 15 is 0 Å². The Hall–Kier alpha value is -3.52. The SMILES string of the molecule is COc1ccc([C@H](C)NC(=O)COc2ccc(S(=O)(=O)N3CCc4ccccc43)cc2)cc1. The normalized spacial score (nSPS) is 13.8. The minimum absolute atomic E-state index is 0.175. The Bertz CT molecular complexity index is 1220. The average molecular weight is 467 g/mol. The number of sulfonamides is 1. The molecule has 3 aromatic carbocycles. The van der Waals surface area contributed by atoms with Gasteiger partial charge in [-0.3, -0.25) is 9.10 Å². The fourth-order valence-corrected chi connectivity index (χ4v) is 5.30. The maximum absolute atomic E-state index is 13.1. The maximum Gasteiger partial charge on any atom is 0.264 e. The lowest BCUT2D eigenvalue weighted by molar-refractivity contribution is -0.123. The third kappa shape index (κ3) is 4.96.